The minimum Gasteiger partial charge on any atom is -0.481 e. The van der Waals surface area contributed by atoms with E-state index in [1.807, 2.05) is 24.3 Å². The molecule has 240 valence electrons. The number of benzene rings is 1. The molecule has 4 unspecified atom stereocenters. The molecule has 0 saturated heterocycles. The van der Waals surface area contributed by atoms with E-state index in [9.17, 15) is 14.7 Å². The van der Waals surface area contributed by atoms with E-state index < -0.39 is 11.4 Å². The summed E-state index contributed by atoms with van der Waals surface area (Å²) in [6, 6.07) is 7.45. The number of carbonyl (C=O) groups excluding carboxylic acids is 1. The number of hydrogen-bond acceptors (Lipinski definition) is 3. The molecule has 44 heavy (non-hydrogen) atoms. The van der Waals surface area contributed by atoms with Crippen LogP contribution in [0.5, 0.6) is 0 Å². The molecule has 0 spiro atoms. The number of rotatable bonds is 5. The minimum atomic E-state index is -0.579. The lowest BCUT2D eigenvalue weighted by Gasteiger charge is -2.72. The Bertz CT molecular complexity index is 1360. The number of carboxylic acids is 1. The van der Waals surface area contributed by atoms with Crippen molar-refractivity contribution in [3.05, 3.63) is 53.1 Å². The third kappa shape index (κ3) is 4.50. The van der Waals surface area contributed by atoms with Gasteiger partial charge in [0.05, 0.1) is 5.41 Å². The molecule has 5 heteroatoms. The lowest BCUT2D eigenvalue weighted by atomic mass is 9.32. The second-order valence-corrected chi connectivity index (χ2v) is 17.3. The summed E-state index contributed by atoms with van der Waals surface area (Å²) in [6.45, 7) is 18.9. The molecule has 0 heterocycles. The van der Waals surface area contributed by atoms with Crippen LogP contribution in [-0.2, 0) is 14.3 Å². The Balaban J connectivity index is 1.24. The Morgan fingerprint density at radius 3 is 2.25 bits per heavy atom. The summed E-state index contributed by atoms with van der Waals surface area (Å²) in [7, 11) is 0. The molecule has 1 aromatic carbocycles. The van der Waals surface area contributed by atoms with Crippen molar-refractivity contribution in [2.75, 3.05) is 0 Å². The van der Waals surface area contributed by atoms with Crippen LogP contribution in [0.1, 0.15) is 111 Å². The summed E-state index contributed by atoms with van der Waals surface area (Å²) in [4.78, 5) is 25.9. The van der Waals surface area contributed by atoms with Crippen LogP contribution in [0.2, 0.25) is 5.02 Å². The molecule has 5 aliphatic carbocycles. The highest BCUT2D eigenvalue weighted by Crippen LogP contribution is 2.77. The van der Waals surface area contributed by atoms with E-state index in [4.69, 9.17) is 16.3 Å². The Morgan fingerprint density at radius 1 is 0.886 bits per heavy atom. The van der Waals surface area contributed by atoms with Gasteiger partial charge in [-0.15, -0.1) is 0 Å². The van der Waals surface area contributed by atoms with E-state index in [1.54, 1.807) is 12.2 Å². The quantitative estimate of drug-likeness (QED) is 0.202. The highest BCUT2D eigenvalue weighted by molar-refractivity contribution is 6.30. The van der Waals surface area contributed by atoms with Crippen LogP contribution in [0, 0.1) is 56.7 Å². The van der Waals surface area contributed by atoms with Crippen LogP contribution in [0.3, 0.4) is 0 Å². The van der Waals surface area contributed by atoms with Gasteiger partial charge in [0.1, 0.15) is 6.10 Å². The van der Waals surface area contributed by atoms with Gasteiger partial charge in [-0.25, -0.2) is 4.79 Å². The van der Waals surface area contributed by atoms with Gasteiger partial charge in [0.15, 0.2) is 0 Å². The number of ether oxygens (including phenoxy) is 1. The third-order valence-corrected chi connectivity index (χ3v) is 15.2. The smallest absolute Gasteiger partial charge is 0.331 e. The molecule has 1 N–H and O–H groups in total. The topological polar surface area (TPSA) is 63.6 Å². The predicted octanol–water partition coefficient (Wildman–Crippen LogP) is 10.0. The van der Waals surface area contributed by atoms with Crippen LogP contribution in [0.25, 0.3) is 6.08 Å². The standard InChI is InChI=1S/C39H53ClO4/c1-24(2)27-16-21-39(34(42)43)23-22-37(6)28(33(27)39)13-14-30-36(5)19-18-31(35(3,4)29(36)17-20-38(30,37)7)44-32(41)15-10-25-8-11-26(40)12-9-25/h8-12,15,27-31,33H,1,13-14,16-23H2,2-7H3,(H,42,43)/b15-10+/t27-,28?,29?,30?,31-,33?,36-,37+,38+,39-/m0/s1. The molecule has 0 aliphatic heterocycles. The summed E-state index contributed by atoms with van der Waals surface area (Å²) in [5.41, 5.74) is 1.84. The van der Waals surface area contributed by atoms with Crippen molar-refractivity contribution >= 4 is 29.6 Å². The summed E-state index contributed by atoms with van der Waals surface area (Å²) >= 11 is 6.01. The molecule has 6 rings (SSSR count). The molecule has 5 aliphatic rings. The fraction of sp³-hybridized carbons (Fsp3) is 0.692. The van der Waals surface area contributed by atoms with Crippen LogP contribution >= 0.6 is 11.6 Å². The van der Waals surface area contributed by atoms with Gasteiger partial charge in [0.25, 0.3) is 0 Å². The average Bonchev–Trinajstić information content (AvgIpc) is 3.36. The Labute approximate surface area is 270 Å². The molecule has 0 amide bonds. The molecule has 0 bridgehead atoms. The first kappa shape index (κ1) is 31.9. The van der Waals surface area contributed by atoms with E-state index in [-0.39, 0.29) is 39.7 Å². The number of halogens is 1. The van der Waals surface area contributed by atoms with Crippen LogP contribution < -0.4 is 0 Å². The van der Waals surface area contributed by atoms with Crippen molar-refractivity contribution in [1.82, 2.24) is 0 Å². The van der Waals surface area contributed by atoms with Gasteiger partial charge < -0.3 is 9.84 Å². The van der Waals surface area contributed by atoms with Crippen LogP contribution in [0.15, 0.2) is 42.5 Å². The number of allylic oxidation sites excluding steroid dienone is 1. The Hall–Kier alpha value is -2.07. The fourth-order valence-corrected chi connectivity index (χ4v) is 12.7. The van der Waals surface area contributed by atoms with Crippen molar-refractivity contribution in [2.45, 2.75) is 112 Å². The van der Waals surface area contributed by atoms with Crippen molar-refractivity contribution < 1.29 is 19.4 Å². The van der Waals surface area contributed by atoms with Crippen molar-refractivity contribution in [3.63, 3.8) is 0 Å². The zero-order valence-electron chi connectivity index (χ0n) is 27.8. The van der Waals surface area contributed by atoms with Gasteiger partial charge >= 0.3 is 11.9 Å². The number of esters is 1. The number of carbonyl (C=O) groups is 2. The zero-order chi connectivity index (χ0) is 31.9. The molecule has 5 fully saturated rings. The normalized spacial score (nSPS) is 44.2. The molecule has 5 saturated carbocycles. The number of aliphatic carboxylic acids is 1. The summed E-state index contributed by atoms with van der Waals surface area (Å²) < 4.78 is 6.21. The summed E-state index contributed by atoms with van der Waals surface area (Å²) in [5.74, 6) is 1.16. The predicted molar refractivity (Wildman–Crippen MR) is 177 cm³/mol. The highest BCUT2D eigenvalue weighted by atomic mass is 35.5. The molecule has 4 nitrogen and oxygen atoms in total. The first-order valence-electron chi connectivity index (χ1n) is 17.1. The molecular weight excluding hydrogens is 568 g/mol. The maximum Gasteiger partial charge on any atom is 0.331 e. The van der Waals surface area contributed by atoms with E-state index in [0.717, 1.165) is 63.4 Å². The zero-order valence-corrected chi connectivity index (χ0v) is 28.5. The van der Waals surface area contributed by atoms with Crippen molar-refractivity contribution in [1.29, 1.82) is 0 Å². The van der Waals surface area contributed by atoms with Gasteiger partial charge in [-0.1, -0.05) is 70.5 Å². The fourth-order valence-electron chi connectivity index (χ4n) is 12.6. The SMILES string of the molecule is C=C(C)[C@@H]1CC[C@]2(C(=O)O)CC[C@]3(C)C(CCC4[C@@]5(C)CC[C@H](OC(=O)/C=C/c6ccc(Cl)cc6)C(C)(C)C5CC[C@]43C)C12. The largest absolute Gasteiger partial charge is 0.481 e. The Morgan fingerprint density at radius 2 is 1.59 bits per heavy atom. The maximum absolute atomic E-state index is 13.0. The van der Waals surface area contributed by atoms with E-state index in [1.165, 1.54) is 12.0 Å². The number of carboxylic acid groups (broad SMARTS) is 1. The van der Waals surface area contributed by atoms with E-state index >= 15 is 0 Å². The Kier molecular flexibility index (Phi) is 7.79. The number of fused-ring (bicyclic) bond motifs is 7. The molecule has 0 aromatic heterocycles. The molecule has 0 radical (unpaired) electrons. The van der Waals surface area contributed by atoms with E-state index in [0.29, 0.717) is 28.7 Å². The third-order valence-electron chi connectivity index (χ3n) is 15.0. The van der Waals surface area contributed by atoms with Gasteiger partial charge in [-0.3, -0.25) is 4.79 Å². The summed E-state index contributed by atoms with van der Waals surface area (Å²) in [6.07, 6.45) is 13.4. The first-order valence-corrected chi connectivity index (χ1v) is 17.5. The minimum absolute atomic E-state index is 0.111. The summed E-state index contributed by atoms with van der Waals surface area (Å²) in [5, 5.41) is 11.3. The second-order valence-electron chi connectivity index (χ2n) is 16.8. The van der Waals surface area contributed by atoms with Crippen LogP contribution in [0.4, 0.5) is 0 Å². The lowest BCUT2D eigenvalue weighted by molar-refractivity contribution is -0.250. The molecular formula is C39H53ClO4. The average molecular weight is 621 g/mol. The monoisotopic (exact) mass is 620 g/mol. The van der Waals surface area contributed by atoms with Crippen LogP contribution in [-0.4, -0.2) is 23.1 Å². The van der Waals surface area contributed by atoms with Gasteiger partial charge in [0.2, 0.25) is 0 Å². The van der Waals surface area contributed by atoms with Gasteiger partial charge in [-0.05, 0) is 141 Å². The maximum atomic E-state index is 13.0. The van der Waals surface area contributed by atoms with E-state index in [2.05, 4.69) is 48.1 Å². The highest BCUT2D eigenvalue weighted by Gasteiger charge is 2.72. The van der Waals surface area contributed by atoms with Gasteiger partial charge in [0, 0.05) is 16.5 Å². The van der Waals surface area contributed by atoms with Gasteiger partial charge in [-0.2, -0.15) is 0 Å². The molecule has 1 aromatic rings. The lowest BCUT2D eigenvalue weighted by Crippen LogP contribution is -2.67. The second kappa shape index (κ2) is 10.7. The van der Waals surface area contributed by atoms with Crippen molar-refractivity contribution in [3.8, 4) is 0 Å². The molecule has 10 atom stereocenters. The van der Waals surface area contributed by atoms with Crippen molar-refractivity contribution in [2.24, 2.45) is 56.7 Å². The first-order chi connectivity index (χ1) is 20.6. The number of hydrogen-bond donors (Lipinski definition) is 1.